The summed E-state index contributed by atoms with van der Waals surface area (Å²) in [6.45, 7) is 0.0877. The largest absolute Gasteiger partial charge is 0.216 e. The standard InChI is InChI=1S/C21H20N/c1-3-16-8-4-6-10-19(16)18-12-13-22-14-17-9-5-7-11-20(17)21(22)15(18)2/h4-13H,3,14H2,1-2H3/q+1/i1D3,3D2. The van der Waals surface area contributed by atoms with Crippen LogP contribution in [0, 0.1) is 6.92 Å². The van der Waals surface area contributed by atoms with E-state index >= 15 is 0 Å². The van der Waals surface area contributed by atoms with Crippen LogP contribution in [-0.2, 0) is 12.9 Å². The predicted octanol–water partition coefficient (Wildman–Crippen LogP) is 4.54. The molecular formula is C21H20N+. The van der Waals surface area contributed by atoms with E-state index in [9.17, 15) is 0 Å². The summed E-state index contributed by atoms with van der Waals surface area (Å²) in [5.41, 5.74) is 6.25. The maximum absolute atomic E-state index is 8.25. The van der Waals surface area contributed by atoms with Gasteiger partial charge in [-0.1, -0.05) is 49.3 Å². The van der Waals surface area contributed by atoms with E-state index in [-0.39, 0.29) is 5.56 Å². The average Bonchev–Trinajstić information content (AvgIpc) is 3.00. The van der Waals surface area contributed by atoms with Crippen LogP contribution in [0.5, 0.6) is 0 Å². The molecule has 0 saturated carbocycles. The van der Waals surface area contributed by atoms with Crippen LogP contribution < -0.4 is 4.57 Å². The van der Waals surface area contributed by atoms with E-state index in [0.29, 0.717) is 5.56 Å². The molecule has 0 unspecified atom stereocenters. The zero-order valence-electron chi connectivity index (χ0n) is 17.4. The number of nitrogens with zero attached hydrogens (tertiary/aromatic N) is 1. The first kappa shape index (κ1) is 8.89. The molecule has 2 aromatic carbocycles. The van der Waals surface area contributed by atoms with Crippen LogP contribution in [0.4, 0.5) is 0 Å². The lowest BCUT2D eigenvalue weighted by Gasteiger charge is -2.11. The van der Waals surface area contributed by atoms with E-state index in [4.69, 9.17) is 6.85 Å². The number of rotatable bonds is 2. The summed E-state index contributed by atoms with van der Waals surface area (Å²) in [5.74, 6) is 0. The molecule has 1 aliphatic rings. The Hall–Kier alpha value is -2.41. The molecule has 0 N–H and O–H groups in total. The Kier molecular flexibility index (Phi) is 2.06. The highest BCUT2D eigenvalue weighted by atomic mass is 15.0. The topological polar surface area (TPSA) is 3.88 Å². The first-order chi connectivity index (χ1) is 12.7. The molecule has 4 rings (SSSR count). The lowest BCUT2D eigenvalue weighted by molar-refractivity contribution is -0.672. The molecule has 3 aromatic rings. The number of benzene rings is 2. The van der Waals surface area contributed by atoms with Crippen LogP contribution in [-0.4, -0.2) is 0 Å². The minimum absolute atomic E-state index is 0.198. The summed E-state index contributed by atoms with van der Waals surface area (Å²) in [5, 5.41) is 0. The molecule has 0 radical (unpaired) electrons. The first-order valence-corrected chi connectivity index (χ1v) is 7.43. The van der Waals surface area contributed by atoms with Crippen LogP contribution >= 0.6 is 0 Å². The smallest absolute Gasteiger partial charge is 0.194 e. The Morgan fingerprint density at radius 2 is 1.77 bits per heavy atom. The molecule has 108 valence electrons. The number of fused-ring (bicyclic) bond motifs is 3. The van der Waals surface area contributed by atoms with Crippen molar-refractivity contribution in [1.29, 1.82) is 0 Å². The van der Waals surface area contributed by atoms with Gasteiger partial charge in [-0.15, -0.1) is 0 Å². The monoisotopic (exact) mass is 291 g/mol. The molecule has 0 fully saturated rings. The van der Waals surface area contributed by atoms with Gasteiger partial charge in [-0.25, -0.2) is 0 Å². The van der Waals surface area contributed by atoms with E-state index in [1.165, 1.54) is 11.1 Å². The molecule has 0 atom stereocenters. The zero-order chi connectivity index (χ0) is 19.4. The second-order valence-electron chi connectivity index (χ2n) is 5.66. The minimum atomic E-state index is -2.74. The fraction of sp³-hybridized carbons (Fsp3) is 0.190. The Labute approximate surface area is 138 Å². The molecule has 1 heteroatoms. The highest BCUT2D eigenvalue weighted by molar-refractivity contribution is 5.77. The average molecular weight is 291 g/mol. The van der Waals surface area contributed by atoms with Crippen molar-refractivity contribution in [2.24, 2.45) is 0 Å². The number of pyridine rings is 1. The van der Waals surface area contributed by atoms with Crippen molar-refractivity contribution in [3.8, 4) is 22.4 Å². The van der Waals surface area contributed by atoms with Gasteiger partial charge in [0.1, 0.15) is 0 Å². The van der Waals surface area contributed by atoms with E-state index in [1.54, 1.807) is 18.2 Å². The van der Waals surface area contributed by atoms with Crippen LogP contribution in [0.2, 0.25) is 0 Å². The summed E-state index contributed by atoms with van der Waals surface area (Å²) in [7, 11) is 0. The number of aryl methyl sites for hydroxylation is 1. The van der Waals surface area contributed by atoms with E-state index < -0.39 is 13.2 Å². The van der Waals surface area contributed by atoms with Gasteiger partial charge < -0.3 is 0 Å². The minimum Gasteiger partial charge on any atom is -0.194 e. The molecule has 0 spiro atoms. The lowest BCUT2D eigenvalue weighted by atomic mass is 9.93. The van der Waals surface area contributed by atoms with Gasteiger partial charge in [-0.05, 0) is 36.1 Å². The molecule has 1 aliphatic heterocycles. The molecular weight excluding hydrogens is 266 g/mol. The SMILES string of the molecule is [2H]C([2H])([2H])C([2H])([2H])c1ccccc1-c1cc[n+]2c(c1C)-c1ccccc1C2. The maximum Gasteiger partial charge on any atom is 0.216 e. The summed E-state index contributed by atoms with van der Waals surface area (Å²) >= 11 is 0. The highest BCUT2D eigenvalue weighted by Crippen LogP contribution is 2.35. The maximum atomic E-state index is 8.25. The molecule has 2 heterocycles. The molecule has 0 aliphatic carbocycles. The Bertz CT molecular complexity index is 1040. The van der Waals surface area contributed by atoms with Gasteiger partial charge in [-0.3, -0.25) is 0 Å². The van der Waals surface area contributed by atoms with Gasteiger partial charge in [-0.2, -0.15) is 4.57 Å². The van der Waals surface area contributed by atoms with E-state index in [0.717, 1.165) is 23.4 Å². The number of hydrogen-bond acceptors (Lipinski definition) is 0. The van der Waals surface area contributed by atoms with Gasteiger partial charge in [0.25, 0.3) is 0 Å². The molecule has 0 amide bonds. The zero-order valence-corrected chi connectivity index (χ0v) is 12.4. The van der Waals surface area contributed by atoms with Crippen LogP contribution in [0.15, 0.2) is 60.8 Å². The lowest BCUT2D eigenvalue weighted by Crippen LogP contribution is -2.32. The third-order valence-corrected chi connectivity index (χ3v) is 4.43. The van der Waals surface area contributed by atoms with E-state index in [2.05, 4.69) is 16.7 Å². The van der Waals surface area contributed by atoms with Crippen LogP contribution in [0.25, 0.3) is 22.4 Å². The van der Waals surface area contributed by atoms with Gasteiger partial charge in [0, 0.05) is 24.0 Å². The van der Waals surface area contributed by atoms with Crippen LogP contribution in [0.3, 0.4) is 0 Å². The number of hydrogen-bond donors (Lipinski definition) is 0. The Morgan fingerprint density at radius 1 is 1.00 bits per heavy atom. The quantitative estimate of drug-likeness (QED) is 0.477. The van der Waals surface area contributed by atoms with Crippen molar-refractivity contribution in [2.75, 3.05) is 0 Å². The van der Waals surface area contributed by atoms with Crippen molar-refractivity contribution >= 4 is 0 Å². The van der Waals surface area contributed by atoms with Gasteiger partial charge in [0.2, 0.25) is 5.69 Å². The van der Waals surface area contributed by atoms with Crippen molar-refractivity contribution in [2.45, 2.75) is 26.7 Å². The first-order valence-electron chi connectivity index (χ1n) is 9.93. The summed E-state index contributed by atoms with van der Waals surface area (Å²) in [4.78, 5) is 0. The Balaban J connectivity index is 1.94. The number of aromatic nitrogens is 1. The van der Waals surface area contributed by atoms with Gasteiger partial charge in [0.05, 0.1) is 5.56 Å². The predicted molar refractivity (Wildman–Crippen MR) is 90.7 cm³/mol. The van der Waals surface area contributed by atoms with Crippen molar-refractivity contribution in [1.82, 2.24) is 0 Å². The molecule has 22 heavy (non-hydrogen) atoms. The second kappa shape index (κ2) is 5.10. The third-order valence-electron chi connectivity index (χ3n) is 4.43. The second-order valence-corrected chi connectivity index (χ2v) is 5.66. The molecule has 1 aromatic heterocycles. The fourth-order valence-electron chi connectivity index (χ4n) is 3.39. The van der Waals surface area contributed by atoms with Gasteiger partial charge in [0.15, 0.2) is 12.7 Å². The van der Waals surface area contributed by atoms with Crippen molar-refractivity contribution in [3.63, 3.8) is 0 Å². The summed E-state index contributed by atoms with van der Waals surface area (Å²) in [6.07, 6.45) is -0.431. The Morgan fingerprint density at radius 3 is 2.64 bits per heavy atom. The fourth-order valence-corrected chi connectivity index (χ4v) is 3.39. The van der Waals surface area contributed by atoms with Crippen molar-refractivity contribution < 1.29 is 11.4 Å². The summed E-state index contributed by atoms with van der Waals surface area (Å²) < 4.78 is 41.7. The summed E-state index contributed by atoms with van der Waals surface area (Å²) in [6, 6.07) is 17.1. The third kappa shape index (κ3) is 1.89. The highest BCUT2D eigenvalue weighted by Gasteiger charge is 2.29. The molecule has 1 nitrogen and oxygen atoms in total. The molecule has 0 saturated heterocycles. The van der Waals surface area contributed by atoms with Crippen molar-refractivity contribution in [3.05, 3.63) is 77.5 Å². The van der Waals surface area contributed by atoms with Gasteiger partial charge >= 0.3 is 0 Å². The normalized spacial score (nSPS) is 16.7. The van der Waals surface area contributed by atoms with Crippen LogP contribution in [0.1, 0.15) is 30.4 Å². The van der Waals surface area contributed by atoms with E-state index in [1.807, 2.05) is 37.4 Å². The molecule has 0 bridgehead atoms.